The number of benzene rings is 4. The Bertz CT molecular complexity index is 1680. The van der Waals surface area contributed by atoms with Crippen LogP contribution < -0.4 is 10.9 Å². The Labute approximate surface area is 245 Å². The highest BCUT2D eigenvalue weighted by atomic mass is 16.7. The molecule has 41 heavy (non-hydrogen) atoms. The van der Waals surface area contributed by atoms with Crippen LogP contribution in [0.15, 0.2) is 60.7 Å². The molecule has 6 heteroatoms. The van der Waals surface area contributed by atoms with Crippen molar-refractivity contribution in [1.82, 2.24) is 0 Å². The molecule has 212 valence electrons. The van der Waals surface area contributed by atoms with E-state index >= 15 is 0 Å². The van der Waals surface area contributed by atoms with Gasteiger partial charge in [-0.05, 0) is 110 Å². The van der Waals surface area contributed by atoms with Gasteiger partial charge in [0.05, 0.1) is 22.4 Å². The molecule has 4 aromatic rings. The van der Waals surface area contributed by atoms with Gasteiger partial charge in [0.25, 0.3) is 0 Å². The average molecular weight is 548 g/mol. The topological polar surface area (TPSA) is 47.9 Å². The van der Waals surface area contributed by atoms with Crippen LogP contribution in [-0.2, 0) is 19.4 Å². The summed E-state index contributed by atoms with van der Waals surface area (Å²) in [5, 5.41) is 15.5. The van der Waals surface area contributed by atoms with Crippen LogP contribution in [0.5, 0.6) is 0 Å². The summed E-state index contributed by atoms with van der Waals surface area (Å²) in [6, 6.07) is 22.0. The summed E-state index contributed by atoms with van der Waals surface area (Å²) in [4.78, 5) is 0. The molecule has 0 amide bonds. The molecule has 1 fully saturated rings. The fraction of sp³-hybridized carbons (Fsp3) is 0.429. The molecular weight excluding hydrogens is 506 g/mol. The monoisotopic (exact) mass is 548 g/mol. The van der Waals surface area contributed by atoms with Crippen LogP contribution in [0.25, 0.3) is 32.7 Å². The molecular formula is C35H42B2O4. The second kappa shape index (κ2) is 8.94. The quantitative estimate of drug-likeness (QED) is 0.305. The van der Waals surface area contributed by atoms with E-state index in [1.807, 2.05) is 13.8 Å². The van der Waals surface area contributed by atoms with Crippen LogP contribution >= 0.6 is 0 Å². The molecule has 0 saturated carbocycles. The summed E-state index contributed by atoms with van der Waals surface area (Å²) >= 11 is 0. The molecule has 0 spiro atoms. The van der Waals surface area contributed by atoms with Crippen molar-refractivity contribution in [1.29, 1.82) is 0 Å². The lowest BCUT2D eigenvalue weighted by atomic mass is 9.71. The average Bonchev–Trinajstić information content (AvgIpc) is 3.25. The smallest absolute Gasteiger partial charge is 0.427 e. The van der Waals surface area contributed by atoms with Gasteiger partial charge in [0.2, 0.25) is 0 Å². The minimum Gasteiger partial charge on any atom is -0.427 e. The van der Waals surface area contributed by atoms with E-state index in [-0.39, 0.29) is 5.41 Å². The fourth-order valence-electron chi connectivity index (χ4n) is 6.24. The first kappa shape index (κ1) is 28.5. The van der Waals surface area contributed by atoms with Gasteiger partial charge in [0, 0.05) is 5.41 Å². The maximum atomic E-state index is 10.7. The minimum atomic E-state index is -0.974. The largest absolute Gasteiger partial charge is 0.495 e. The predicted molar refractivity (Wildman–Crippen MR) is 173 cm³/mol. The first-order valence-electron chi connectivity index (χ1n) is 14.8. The van der Waals surface area contributed by atoms with Gasteiger partial charge in [-0.1, -0.05) is 74.5 Å². The summed E-state index contributed by atoms with van der Waals surface area (Å²) < 4.78 is 19.6. The van der Waals surface area contributed by atoms with Crippen LogP contribution in [0.4, 0.5) is 0 Å². The molecule has 1 aliphatic carbocycles. The van der Waals surface area contributed by atoms with Crippen molar-refractivity contribution in [3.63, 3.8) is 0 Å². The van der Waals surface area contributed by atoms with Crippen molar-refractivity contribution in [2.75, 3.05) is 0 Å². The Balaban J connectivity index is 1.57. The van der Waals surface area contributed by atoms with Gasteiger partial charge in [0.15, 0.2) is 0 Å². The van der Waals surface area contributed by atoms with Gasteiger partial charge in [-0.25, -0.2) is 0 Å². The molecule has 6 rings (SSSR count). The Morgan fingerprint density at radius 1 is 0.707 bits per heavy atom. The molecule has 4 aromatic carbocycles. The van der Waals surface area contributed by atoms with E-state index in [0.29, 0.717) is 7.48 Å². The molecule has 1 aliphatic heterocycles. The summed E-state index contributed by atoms with van der Waals surface area (Å²) in [6.07, 6.45) is 0. The summed E-state index contributed by atoms with van der Waals surface area (Å²) in [5.41, 5.74) is 4.61. The van der Waals surface area contributed by atoms with E-state index in [1.165, 1.54) is 38.4 Å². The second-order valence-corrected chi connectivity index (χ2v) is 14.5. The molecule has 2 aliphatic rings. The normalized spacial score (nSPS) is 19.0. The number of hydrogen-bond acceptors (Lipinski definition) is 4. The molecule has 0 atom stereocenters. The zero-order chi connectivity index (χ0) is 29.8. The van der Waals surface area contributed by atoms with Crippen LogP contribution in [0.1, 0.15) is 80.4 Å². The first-order valence-corrected chi connectivity index (χ1v) is 14.8. The van der Waals surface area contributed by atoms with Gasteiger partial charge in [-0.15, -0.1) is 0 Å². The fourth-order valence-corrected chi connectivity index (χ4v) is 6.24. The van der Waals surface area contributed by atoms with E-state index in [0.717, 1.165) is 16.3 Å². The highest BCUT2D eigenvalue weighted by molar-refractivity contribution is 6.65. The third-order valence-electron chi connectivity index (χ3n) is 10.4. The van der Waals surface area contributed by atoms with E-state index in [9.17, 15) is 5.11 Å². The van der Waals surface area contributed by atoms with Gasteiger partial charge in [-0.2, -0.15) is 0 Å². The second-order valence-electron chi connectivity index (χ2n) is 14.5. The van der Waals surface area contributed by atoms with Gasteiger partial charge in [-0.3, -0.25) is 0 Å². The van der Waals surface area contributed by atoms with E-state index in [4.69, 9.17) is 14.0 Å². The molecule has 1 heterocycles. The van der Waals surface area contributed by atoms with Gasteiger partial charge < -0.3 is 19.1 Å². The molecule has 1 N–H and O–H groups in total. The van der Waals surface area contributed by atoms with E-state index in [2.05, 4.69) is 102 Å². The number of rotatable bonds is 5. The predicted octanol–water partition coefficient (Wildman–Crippen LogP) is 6.14. The maximum Gasteiger partial charge on any atom is 0.495 e. The minimum absolute atomic E-state index is 0.252. The highest BCUT2D eigenvalue weighted by Gasteiger charge is 2.53. The third-order valence-corrected chi connectivity index (χ3v) is 10.4. The Morgan fingerprint density at radius 3 is 1.71 bits per heavy atom. The molecule has 0 bridgehead atoms. The first-order chi connectivity index (χ1) is 19.0. The lowest BCUT2D eigenvalue weighted by Crippen LogP contribution is -2.49. The summed E-state index contributed by atoms with van der Waals surface area (Å²) in [6.45, 7) is 20.6. The highest BCUT2D eigenvalue weighted by Crippen LogP contribution is 2.53. The zero-order valence-corrected chi connectivity index (χ0v) is 26.2. The van der Waals surface area contributed by atoms with Crippen LogP contribution in [0.2, 0.25) is 0 Å². The standard InChI is InChI=1S/C35H42B2O4/c1-31(2)25-19-27(36-39-33(5,6)32(3,4)38)21-15-11-13-17-23(21)29(25)30-24-18-14-12-16-22(24)28(20-26(30)31)37-40-34(7,8)35(9,10)41-37/h11-20,36,38H,1-10H3. The van der Waals surface area contributed by atoms with Crippen LogP contribution in [0.3, 0.4) is 0 Å². The van der Waals surface area contributed by atoms with Crippen LogP contribution in [0, 0.1) is 0 Å². The lowest BCUT2D eigenvalue weighted by Gasteiger charge is -2.37. The molecule has 0 unspecified atom stereocenters. The number of aliphatic hydroxyl groups is 1. The van der Waals surface area contributed by atoms with Crippen molar-refractivity contribution in [2.24, 2.45) is 0 Å². The lowest BCUT2D eigenvalue weighted by molar-refractivity contribution is -0.0893. The Hall–Kier alpha value is -2.63. The Kier molecular flexibility index (Phi) is 6.21. The van der Waals surface area contributed by atoms with Crippen molar-refractivity contribution in [3.8, 4) is 11.1 Å². The molecule has 1 saturated heterocycles. The number of hydrogen-bond donors (Lipinski definition) is 1. The summed E-state index contributed by atoms with van der Waals surface area (Å²) in [5.74, 6) is 0. The number of fused-ring (bicyclic) bond motifs is 7. The van der Waals surface area contributed by atoms with Crippen molar-refractivity contribution in [3.05, 3.63) is 71.8 Å². The van der Waals surface area contributed by atoms with Crippen molar-refractivity contribution in [2.45, 2.75) is 97.1 Å². The molecule has 0 radical (unpaired) electrons. The van der Waals surface area contributed by atoms with Gasteiger partial charge in [0.1, 0.15) is 0 Å². The van der Waals surface area contributed by atoms with Gasteiger partial charge >= 0.3 is 14.6 Å². The van der Waals surface area contributed by atoms with Crippen molar-refractivity contribution >= 4 is 47.1 Å². The van der Waals surface area contributed by atoms with Crippen molar-refractivity contribution < 1.29 is 19.1 Å². The van der Waals surface area contributed by atoms with E-state index in [1.54, 1.807) is 13.8 Å². The SMILES string of the molecule is CC1(C)c2cc(BOC(C)(C)C(C)(C)O)c3ccccc3c2-c2c1cc(B1OC(C)(C)C(C)(C)O1)c1ccccc21. The zero-order valence-electron chi connectivity index (χ0n) is 26.2. The third kappa shape index (κ3) is 4.21. The van der Waals surface area contributed by atoms with E-state index < -0.39 is 29.5 Å². The molecule has 0 aromatic heterocycles. The molecule has 4 nitrogen and oxygen atoms in total. The summed E-state index contributed by atoms with van der Waals surface area (Å²) in [7, 11) is -0.0311. The van der Waals surface area contributed by atoms with Crippen LogP contribution in [-0.4, -0.2) is 42.1 Å². The maximum absolute atomic E-state index is 10.7. The Morgan fingerprint density at radius 2 is 1.17 bits per heavy atom.